The molecule has 10 nitrogen and oxygen atoms in total. The van der Waals surface area contributed by atoms with Gasteiger partial charge in [-0.15, -0.1) is 0 Å². The number of alkyl carbamates (subject to hydrolysis) is 2. The van der Waals surface area contributed by atoms with Crippen LogP contribution in [0.4, 0.5) is 9.59 Å². The molecule has 0 spiro atoms. The normalized spacial score (nSPS) is 24.9. The van der Waals surface area contributed by atoms with Crippen molar-refractivity contribution < 1.29 is 33.8 Å². The summed E-state index contributed by atoms with van der Waals surface area (Å²) in [6, 6.07) is 7.58. The molecule has 3 N–H and O–H groups in total. The van der Waals surface area contributed by atoms with Crippen LogP contribution < -0.4 is 10.6 Å². The van der Waals surface area contributed by atoms with Crippen LogP contribution in [0, 0.1) is 5.92 Å². The van der Waals surface area contributed by atoms with Gasteiger partial charge in [-0.25, -0.2) is 9.59 Å². The second-order valence-electron chi connectivity index (χ2n) is 9.75. The first-order valence-electron chi connectivity index (χ1n) is 11.5. The molecule has 1 aromatic rings. The molecule has 1 aromatic carbocycles. The number of carbonyl (C=O) groups excluding carboxylic acids is 3. The molecule has 1 saturated carbocycles. The van der Waals surface area contributed by atoms with E-state index in [1.807, 2.05) is 30.3 Å². The van der Waals surface area contributed by atoms with Crippen LogP contribution >= 0.6 is 0 Å². The second kappa shape index (κ2) is 10.8. The van der Waals surface area contributed by atoms with E-state index >= 15 is 0 Å². The zero-order valence-electron chi connectivity index (χ0n) is 19.8. The van der Waals surface area contributed by atoms with Gasteiger partial charge in [0.05, 0.1) is 5.92 Å². The van der Waals surface area contributed by atoms with E-state index < -0.39 is 41.8 Å². The van der Waals surface area contributed by atoms with Crippen LogP contribution in [0.1, 0.15) is 52.0 Å². The molecule has 4 atom stereocenters. The number of nitrogens with zero attached hydrogens (tertiary/aromatic N) is 1. The number of carbonyl (C=O) groups is 4. The van der Waals surface area contributed by atoms with Crippen molar-refractivity contribution in [3.8, 4) is 0 Å². The maximum absolute atomic E-state index is 13.0. The number of likely N-dealkylation sites (tertiary alicyclic amines) is 1. The van der Waals surface area contributed by atoms with E-state index in [9.17, 15) is 24.3 Å². The van der Waals surface area contributed by atoms with E-state index in [0.717, 1.165) is 5.56 Å². The predicted octanol–water partition coefficient (Wildman–Crippen LogP) is 2.66. The van der Waals surface area contributed by atoms with E-state index in [1.54, 1.807) is 25.7 Å². The zero-order chi connectivity index (χ0) is 24.9. The minimum Gasteiger partial charge on any atom is -0.481 e. The summed E-state index contributed by atoms with van der Waals surface area (Å²) in [6.45, 7) is 5.70. The lowest BCUT2D eigenvalue weighted by Gasteiger charge is -2.39. The Kier molecular flexibility index (Phi) is 8.01. The van der Waals surface area contributed by atoms with Gasteiger partial charge in [0.1, 0.15) is 18.2 Å². The van der Waals surface area contributed by atoms with Gasteiger partial charge < -0.3 is 30.1 Å². The summed E-state index contributed by atoms with van der Waals surface area (Å²) in [5, 5.41) is 15.2. The minimum atomic E-state index is -1.02. The van der Waals surface area contributed by atoms with Crippen LogP contribution in [0.2, 0.25) is 0 Å². The SMILES string of the molecule is CC(C)(C)OC(=O)N[C@@H]1CC[C@H](N2CCC(NC(=O)OCc3ccccc3)C2=O)[C@H](C(=O)O)C1. The fourth-order valence-corrected chi connectivity index (χ4v) is 4.47. The van der Waals surface area contributed by atoms with Gasteiger partial charge in [-0.05, 0) is 52.0 Å². The first-order valence-corrected chi connectivity index (χ1v) is 11.5. The van der Waals surface area contributed by atoms with Gasteiger partial charge >= 0.3 is 18.2 Å². The third-order valence-corrected chi connectivity index (χ3v) is 6.00. The van der Waals surface area contributed by atoms with Gasteiger partial charge in [-0.3, -0.25) is 9.59 Å². The van der Waals surface area contributed by atoms with Crippen molar-refractivity contribution in [3.05, 3.63) is 35.9 Å². The minimum absolute atomic E-state index is 0.0903. The first-order chi connectivity index (χ1) is 16.0. The topological polar surface area (TPSA) is 134 Å². The van der Waals surface area contributed by atoms with Crippen molar-refractivity contribution in [1.29, 1.82) is 0 Å². The monoisotopic (exact) mass is 475 g/mol. The van der Waals surface area contributed by atoms with Gasteiger partial charge in [0.15, 0.2) is 0 Å². The Morgan fingerprint density at radius 2 is 1.76 bits per heavy atom. The highest BCUT2D eigenvalue weighted by atomic mass is 16.6. The van der Waals surface area contributed by atoms with E-state index in [-0.39, 0.29) is 25.0 Å². The van der Waals surface area contributed by atoms with E-state index in [2.05, 4.69) is 10.6 Å². The molecule has 0 bridgehead atoms. The molecule has 3 rings (SSSR count). The molecule has 10 heteroatoms. The molecule has 1 aliphatic heterocycles. The molecule has 1 aliphatic carbocycles. The van der Waals surface area contributed by atoms with Crippen LogP contribution in [0.25, 0.3) is 0 Å². The highest BCUT2D eigenvalue weighted by Crippen LogP contribution is 2.32. The third-order valence-electron chi connectivity index (χ3n) is 6.00. The first kappa shape index (κ1) is 25.3. The summed E-state index contributed by atoms with van der Waals surface area (Å²) in [5.74, 6) is -2.17. The summed E-state index contributed by atoms with van der Waals surface area (Å²) < 4.78 is 10.5. The molecule has 3 amide bonds. The van der Waals surface area contributed by atoms with Gasteiger partial charge in [-0.1, -0.05) is 30.3 Å². The van der Waals surface area contributed by atoms with Crippen LogP contribution in [-0.2, 0) is 25.7 Å². The van der Waals surface area contributed by atoms with Crippen molar-refractivity contribution in [2.45, 2.75) is 76.8 Å². The van der Waals surface area contributed by atoms with Crippen LogP contribution in [-0.4, -0.2) is 64.3 Å². The molecule has 1 unspecified atom stereocenters. The fourth-order valence-electron chi connectivity index (χ4n) is 4.47. The number of nitrogens with one attached hydrogen (secondary N) is 2. The molecule has 2 fully saturated rings. The highest BCUT2D eigenvalue weighted by molar-refractivity contribution is 5.88. The molecule has 1 heterocycles. The molecule has 1 saturated heterocycles. The van der Waals surface area contributed by atoms with Crippen molar-refractivity contribution in [2.24, 2.45) is 5.92 Å². The molecule has 0 aromatic heterocycles. The lowest BCUT2D eigenvalue weighted by atomic mass is 9.80. The number of carboxylic acids is 1. The molecule has 186 valence electrons. The Bertz CT molecular complexity index is 900. The number of carboxylic acid groups (broad SMARTS) is 1. The Labute approximate surface area is 199 Å². The van der Waals surface area contributed by atoms with E-state index in [0.29, 0.717) is 25.8 Å². The number of rotatable bonds is 6. The van der Waals surface area contributed by atoms with Crippen molar-refractivity contribution in [3.63, 3.8) is 0 Å². The second-order valence-corrected chi connectivity index (χ2v) is 9.75. The van der Waals surface area contributed by atoms with Crippen LogP contribution in [0.5, 0.6) is 0 Å². The summed E-state index contributed by atoms with van der Waals surface area (Å²) in [7, 11) is 0. The maximum atomic E-state index is 13.0. The number of aliphatic carboxylic acids is 1. The molecule has 0 radical (unpaired) electrons. The highest BCUT2D eigenvalue weighted by Gasteiger charge is 2.45. The van der Waals surface area contributed by atoms with Crippen LogP contribution in [0.3, 0.4) is 0 Å². The van der Waals surface area contributed by atoms with Crippen molar-refractivity contribution in [2.75, 3.05) is 6.54 Å². The van der Waals surface area contributed by atoms with Crippen molar-refractivity contribution in [1.82, 2.24) is 15.5 Å². The number of benzene rings is 1. The standard InChI is InChI=1S/C24H33N3O7/c1-24(2,3)34-23(32)25-16-9-10-19(17(13-16)21(29)30)27-12-11-18(20(27)28)26-22(31)33-14-15-7-5-4-6-8-15/h4-8,16-19H,9-14H2,1-3H3,(H,25,32)(H,26,31)(H,29,30)/t16-,17-,18?,19+/m1/s1. The average molecular weight is 476 g/mol. The molecule has 34 heavy (non-hydrogen) atoms. The number of amides is 3. The molecular formula is C24H33N3O7. The van der Waals surface area contributed by atoms with Crippen molar-refractivity contribution >= 4 is 24.1 Å². The average Bonchev–Trinajstić information content (AvgIpc) is 3.11. The Morgan fingerprint density at radius 3 is 2.41 bits per heavy atom. The quantitative estimate of drug-likeness (QED) is 0.576. The Balaban J connectivity index is 1.53. The van der Waals surface area contributed by atoms with E-state index in [1.165, 1.54) is 0 Å². The number of ether oxygens (including phenoxy) is 2. The number of hydrogen-bond acceptors (Lipinski definition) is 6. The molecular weight excluding hydrogens is 442 g/mol. The van der Waals surface area contributed by atoms with Gasteiger partial charge in [-0.2, -0.15) is 0 Å². The Morgan fingerprint density at radius 1 is 1.06 bits per heavy atom. The van der Waals surface area contributed by atoms with E-state index in [4.69, 9.17) is 9.47 Å². The summed E-state index contributed by atoms with van der Waals surface area (Å²) in [4.78, 5) is 50.8. The van der Waals surface area contributed by atoms with Gasteiger partial charge in [0.25, 0.3) is 0 Å². The zero-order valence-corrected chi connectivity index (χ0v) is 19.8. The number of hydrogen-bond donors (Lipinski definition) is 3. The molecule has 2 aliphatic rings. The Hall–Kier alpha value is -3.30. The third kappa shape index (κ3) is 6.85. The smallest absolute Gasteiger partial charge is 0.408 e. The van der Waals surface area contributed by atoms with Crippen LogP contribution in [0.15, 0.2) is 30.3 Å². The largest absolute Gasteiger partial charge is 0.481 e. The summed E-state index contributed by atoms with van der Waals surface area (Å²) >= 11 is 0. The lowest BCUT2D eigenvalue weighted by molar-refractivity contribution is -0.148. The summed E-state index contributed by atoms with van der Waals surface area (Å²) in [5.41, 5.74) is 0.178. The van der Waals surface area contributed by atoms with Gasteiger partial charge in [0, 0.05) is 18.6 Å². The predicted molar refractivity (Wildman–Crippen MR) is 122 cm³/mol. The summed E-state index contributed by atoms with van der Waals surface area (Å²) in [6.07, 6.45) is 0.241. The fraction of sp³-hybridized carbons (Fsp3) is 0.583. The lowest BCUT2D eigenvalue weighted by Crippen LogP contribution is -2.53. The maximum Gasteiger partial charge on any atom is 0.408 e. The van der Waals surface area contributed by atoms with Gasteiger partial charge in [0.2, 0.25) is 5.91 Å².